The number of hydrogen-bond donors (Lipinski definition) is 4. The van der Waals surface area contributed by atoms with Crippen molar-refractivity contribution in [1.29, 1.82) is 0 Å². The van der Waals surface area contributed by atoms with Gasteiger partial charge < -0.3 is 26.6 Å². The lowest BCUT2D eigenvalue weighted by Gasteiger charge is -2.29. The molecule has 5 N–H and O–H groups in total. The number of carbonyl (C=O) groups is 2. The zero-order valence-electron chi connectivity index (χ0n) is 13.6. The van der Waals surface area contributed by atoms with Crippen molar-refractivity contribution in [2.24, 2.45) is 5.73 Å². The zero-order chi connectivity index (χ0) is 16.8. The first kappa shape index (κ1) is 17.2. The molecule has 2 rings (SSSR count). The highest BCUT2D eigenvalue weighted by Crippen LogP contribution is 2.14. The van der Waals surface area contributed by atoms with Gasteiger partial charge in [0.15, 0.2) is 0 Å². The molecule has 3 amide bonds. The molecule has 1 aliphatic rings. The minimum Gasteiger partial charge on any atom is -0.335 e. The van der Waals surface area contributed by atoms with Crippen molar-refractivity contribution >= 4 is 23.3 Å². The molecule has 1 aromatic rings. The number of anilines is 2. The van der Waals surface area contributed by atoms with Crippen LogP contribution in [0, 0.1) is 0 Å². The summed E-state index contributed by atoms with van der Waals surface area (Å²) in [6.45, 7) is 3.62. The fourth-order valence-corrected chi connectivity index (χ4v) is 2.40. The first-order valence-electron chi connectivity index (χ1n) is 7.86. The van der Waals surface area contributed by atoms with E-state index in [1.165, 1.54) is 0 Å². The van der Waals surface area contributed by atoms with Gasteiger partial charge >= 0.3 is 6.03 Å². The Kier molecular flexibility index (Phi) is 5.95. The van der Waals surface area contributed by atoms with Gasteiger partial charge in [0.25, 0.3) is 0 Å². The van der Waals surface area contributed by atoms with Gasteiger partial charge in [-0.2, -0.15) is 0 Å². The molecule has 0 unspecified atom stereocenters. The number of piperidine rings is 1. The fraction of sp³-hybridized carbons (Fsp3) is 0.500. The minimum atomic E-state index is -0.562. The highest BCUT2D eigenvalue weighted by atomic mass is 16.2. The van der Waals surface area contributed by atoms with Crippen LogP contribution in [0.15, 0.2) is 24.3 Å². The maximum absolute atomic E-state index is 12.0. The Balaban J connectivity index is 1.81. The molecule has 0 bridgehead atoms. The van der Waals surface area contributed by atoms with Gasteiger partial charge in [0.1, 0.15) is 0 Å². The third kappa shape index (κ3) is 5.54. The van der Waals surface area contributed by atoms with E-state index in [9.17, 15) is 9.59 Å². The molecule has 0 radical (unpaired) electrons. The van der Waals surface area contributed by atoms with Crippen LogP contribution in [0.25, 0.3) is 0 Å². The summed E-state index contributed by atoms with van der Waals surface area (Å²) in [4.78, 5) is 25.7. The number of carbonyl (C=O) groups excluding carboxylic acids is 2. The van der Waals surface area contributed by atoms with Crippen LogP contribution in [-0.2, 0) is 4.79 Å². The number of benzene rings is 1. The molecule has 0 aliphatic carbocycles. The Bertz CT molecular complexity index is 536. The van der Waals surface area contributed by atoms with Crippen LogP contribution in [0.3, 0.4) is 0 Å². The topological polar surface area (TPSA) is 99.5 Å². The van der Waals surface area contributed by atoms with Gasteiger partial charge in [-0.15, -0.1) is 0 Å². The second-order valence-corrected chi connectivity index (χ2v) is 6.03. The normalized spacial score (nSPS) is 17.3. The Labute approximate surface area is 136 Å². The standard InChI is InChI=1S/C16H25N5O2/c1-11(17)15(22)18-12-3-5-13(6-4-12)19-16(23)20-14-7-9-21(2)10-8-14/h3-6,11,14H,7-10,17H2,1-2H3,(H,18,22)(H2,19,20,23)/t11-/m1/s1. The van der Waals surface area contributed by atoms with Crippen molar-refractivity contribution in [2.45, 2.75) is 31.8 Å². The van der Waals surface area contributed by atoms with Crippen molar-refractivity contribution in [3.63, 3.8) is 0 Å². The quantitative estimate of drug-likeness (QED) is 0.670. The maximum atomic E-state index is 12.0. The number of nitrogens with one attached hydrogen (secondary N) is 3. The third-order valence-corrected chi connectivity index (χ3v) is 3.88. The average Bonchev–Trinajstić information content (AvgIpc) is 2.51. The third-order valence-electron chi connectivity index (χ3n) is 3.88. The smallest absolute Gasteiger partial charge is 0.319 e. The number of nitrogens with zero attached hydrogens (tertiary/aromatic N) is 1. The number of likely N-dealkylation sites (tertiary alicyclic amines) is 1. The summed E-state index contributed by atoms with van der Waals surface area (Å²) in [5.74, 6) is -0.245. The molecule has 1 aromatic carbocycles. The zero-order valence-corrected chi connectivity index (χ0v) is 13.6. The molecule has 126 valence electrons. The van der Waals surface area contributed by atoms with Crippen molar-refractivity contribution in [2.75, 3.05) is 30.8 Å². The summed E-state index contributed by atoms with van der Waals surface area (Å²) >= 11 is 0. The molecule has 1 heterocycles. The molecule has 1 atom stereocenters. The molecular weight excluding hydrogens is 294 g/mol. The van der Waals surface area contributed by atoms with Gasteiger partial charge in [-0.3, -0.25) is 4.79 Å². The molecule has 23 heavy (non-hydrogen) atoms. The summed E-state index contributed by atoms with van der Waals surface area (Å²) in [5, 5.41) is 8.48. The second kappa shape index (κ2) is 7.94. The second-order valence-electron chi connectivity index (χ2n) is 6.03. The Morgan fingerprint density at radius 2 is 1.65 bits per heavy atom. The van der Waals surface area contributed by atoms with Gasteiger partial charge in [-0.1, -0.05) is 0 Å². The average molecular weight is 319 g/mol. The van der Waals surface area contributed by atoms with Crippen molar-refractivity contribution in [3.8, 4) is 0 Å². The largest absolute Gasteiger partial charge is 0.335 e. The predicted molar refractivity (Wildman–Crippen MR) is 91.4 cm³/mol. The molecule has 1 saturated heterocycles. The summed E-state index contributed by atoms with van der Waals surface area (Å²) in [5.41, 5.74) is 6.82. The lowest BCUT2D eigenvalue weighted by molar-refractivity contribution is -0.117. The van der Waals surface area contributed by atoms with E-state index in [1.807, 2.05) is 0 Å². The molecular formula is C16H25N5O2. The molecule has 7 nitrogen and oxygen atoms in total. The van der Waals surface area contributed by atoms with Crippen LogP contribution in [0.4, 0.5) is 16.2 Å². The number of urea groups is 1. The summed E-state index contributed by atoms with van der Waals surface area (Å²) in [6.07, 6.45) is 1.93. The lowest BCUT2D eigenvalue weighted by Crippen LogP contribution is -2.44. The van der Waals surface area contributed by atoms with Crippen LogP contribution in [0.2, 0.25) is 0 Å². The summed E-state index contributed by atoms with van der Waals surface area (Å²) in [7, 11) is 2.09. The van der Waals surface area contributed by atoms with Crippen LogP contribution in [-0.4, -0.2) is 49.1 Å². The van der Waals surface area contributed by atoms with Gasteiger partial charge in [0.05, 0.1) is 6.04 Å². The monoisotopic (exact) mass is 319 g/mol. The van der Waals surface area contributed by atoms with E-state index in [-0.39, 0.29) is 18.0 Å². The van der Waals surface area contributed by atoms with Gasteiger partial charge in [0, 0.05) is 17.4 Å². The van der Waals surface area contributed by atoms with E-state index in [1.54, 1.807) is 31.2 Å². The first-order chi connectivity index (χ1) is 10.9. The number of rotatable bonds is 4. The van der Waals surface area contributed by atoms with Crippen LogP contribution in [0.5, 0.6) is 0 Å². The Hall–Kier alpha value is -2.12. The Morgan fingerprint density at radius 3 is 2.17 bits per heavy atom. The summed E-state index contributed by atoms with van der Waals surface area (Å²) < 4.78 is 0. The number of nitrogens with two attached hydrogens (primary N) is 1. The lowest BCUT2D eigenvalue weighted by atomic mass is 10.1. The van der Waals surface area contributed by atoms with Crippen molar-refractivity contribution < 1.29 is 9.59 Å². The van der Waals surface area contributed by atoms with Crippen LogP contribution >= 0.6 is 0 Å². The fourth-order valence-electron chi connectivity index (χ4n) is 2.40. The summed E-state index contributed by atoms with van der Waals surface area (Å²) in [6, 6.07) is 6.39. The van der Waals surface area contributed by atoms with Gasteiger partial charge in [0.2, 0.25) is 5.91 Å². The molecule has 0 aromatic heterocycles. The number of amides is 3. The first-order valence-corrected chi connectivity index (χ1v) is 7.86. The molecule has 1 aliphatic heterocycles. The van der Waals surface area contributed by atoms with E-state index in [0.29, 0.717) is 11.4 Å². The highest BCUT2D eigenvalue weighted by Gasteiger charge is 2.18. The Morgan fingerprint density at radius 1 is 1.13 bits per heavy atom. The molecule has 1 fully saturated rings. The van der Waals surface area contributed by atoms with Gasteiger partial charge in [-0.05, 0) is 64.2 Å². The van der Waals surface area contributed by atoms with E-state index in [2.05, 4.69) is 27.9 Å². The molecule has 7 heteroatoms. The molecule has 0 spiro atoms. The van der Waals surface area contributed by atoms with E-state index >= 15 is 0 Å². The van der Waals surface area contributed by atoms with Crippen LogP contribution < -0.4 is 21.7 Å². The predicted octanol–water partition coefficient (Wildman–Crippen LogP) is 1.19. The number of hydrogen-bond acceptors (Lipinski definition) is 4. The minimum absolute atomic E-state index is 0.202. The molecule has 0 saturated carbocycles. The maximum Gasteiger partial charge on any atom is 0.319 e. The van der Waals surface area contributed by atoms with Crippen molar-refractivity contribution in [3.05, 3.63) is 24.3 Å². The van der Waals surface area contributed by atoms with Gasteiger partial charge in [-0.25, -0.2) is 4.79 Å². The SMILES string of the molecule is C[C@@H](N)C(=O)Nc1ccc(NC(=O)NC2CCN(C)CC2)cc1. The van der Waals surface area contributed by atoms with E-state index in [0.717, 1.165) is 25.9 Å². The van der Waals surface area contributed by atoms with Crippen molar-refractivity contribution in [1.82, 2.24) is 10.2 Å². The van der Waals surface area contributed by atoms with E-state index in [4.69, 9.17) is 5.73 Å². The van der Waals surface area contributed by atoms with E-state index < -0.39 is 6.04 Å². The highest BCUT2D eigenvalue weighted by molar-refractivity contribution is 5.95. The van der Waals surface area contributed by atoms with Crippen LogP contribution in [0.1, 0.15) is 19.8 Å².